The number of carbonyl (C=O) groups is 3. The normalized spacial score (nSPS) is 14.8. The fraction of sp³-hybridized carbons (Fsp3) is 0.227. The number of benzene rings is 2. The van der Waals surface area contributed by atoms with Gasteiger partial charge in [0.2, 0.25) is 0 Å². The van der Waals surface area contributed by atoms with E-state index in [4.69, 9.17) is 0 Å². The molecule has 0 N–H and O–H groups in total. The zero-order chi connectivity index (χ0) is 19.6. The van der Waals surface area contributed by atoms with Crippen LogP contribution < -0.4 is 0 Å². The topological polar surface area (TPSA) is 57.7 Å². The summed E-state index contributed by atoms with van der Waals surface area (Å²) in [6, 6.07) is 15.4. The van der Waals surface area contributed by atoms with Crippen molar-refractivity contribution in [2.75, 3.05) is 14.1 Å². The van der Waals surface area contributed by atoms with Gasteiger partial charge in [0.05, 0.1) is 0 Å². The highest BCUT2D eigenvalue weighted by Crippen LogP contribution is 2.21. The van der Waals surface area contributed by atoms with Crippen molar-refractivity contribution in [3.8, 4) is 0 Å². The maximum atomic E-state index is 12.4. The lowest BCUT2D eigenvalue weighted by Crippen LogP contribution is -2.52. The second-order valence-corrected chi connectivity index (χ2v) is 6.76. The molecule has 0 radical (unpaired) electrons. The van der Waals surface area contributed by atoms with E-state index in [-0.39, 0.29) is 5.57 Å². The Kier molecular flexibility index (Phi) is 5.21. The van der Waals surface area contributed by atoms with Crippen molar-refractivity contribution in [2.45, 2.75) is 19.8 Å². The average molecular weight is 362 g/mol. The van der Waals surface area contributed by atoms with Crippen LogP contribution in [0.25, 0.3) is 6.08 Å². The summed E-state index contributed by atoms with van der Waals surface area (Å²) in [5, 5.41) is 0. The summed E-state index contributed by atoms with van der Waals surface area (Å²) in [4.78, 5) is 38.6. The number of urea groups is 1. The van der Waals surface area contributed by atoms with E-state index >= 15 is 0 Å². The molecule has 0 atom stereocenters. The lowest BCUT2D eigenvalue weighted by atomic mass is 9.97. The number of likely N-dealkylation sites (N-methyl/N-ethyl adjacent to an activating group) is 2. The van der Waals surface area contributed by atoms with Gasteiger partial charge in [-0.1, -0.05) is 54.1 Å². The highest BCUT2D eigenvalue weighted by Gasteiger charge is 2.37. The maximum Gasteiger partial charge on any atom is 0.333 e. The van der Waals surface area contributed by atoms with Gasteiger partial charge in [0.25, 0.3) is 11.8 Å². The fourth-order valence-corrected chi connectivity index (χ4v) is 3.18. The molecule has 138 valence electrons. The first-order valence-electron chi connectivity index (χ1n) is 8.83. The van der Waals surface area contributed by atoms with Crippen LogP contribution in [0.15, 0.2) is 54.1 Å². The predicted molar refractivity (Wildman–Crippen MR) is 104 cm³/mol. The Balaban J connectivity index is 1.89. The summed E-state index contributed by atoms with van der Waals surface area (Å²) in [5.74, 6) is -1.15. The molecule has 0 aromatic heterocycles. The molecule has 0 unspecified atom stereocenters. The van der Waals surface area contributed by atoms with E-state index in [0.29, 0.717) is 0 Å². The number of rotatable bonds is 4. The van der Waals surface area contributed by atoms with E-state index in [2.05, 4.69) is 25.1 Å². The third-order valence-corrected chi connectivity index (χ3v) is 4.76. The van der Waals surface area contributed by atoms with E-state index in [1.807, 2.05) is 30.3 Å². The predicted octanol–water partition coefficient (Wildman–Crippen LogP) is 3.21. The number of carbonyl (C=O) groups excluding carboxylic acids is 3. The Labute approximate surface area is 158 Å². The lowest BCUT2D eigenvalue weighted by Gasteiger charge is -2.29. The minimum atomic E-state index is -0.616. The zero-order valence-corrected chi connectivity index (χ0v) is 15.7. The molecular formula is C22H22N2O3. The van der Waals surface area contributed by atoms with E-state index < -0.39 is 17.8 Å². The van der Waals surface area contributed by atoms with Gasteiger partial charge in [-0.25, -0.2) is 4.79 Å². The minimum Gasteiger partial charge on any atom is -0.268 e. The summed E-state index contributed by atoms with van der Waals surface area (Å²) < 4.78 is 0. The molecule has 4 amide bonds. The molecule has 2 aromatic rings. The number of aryl methyl sites for hydroxylation is 3. The quantitative estimate of drug-likeness (QED) is 0.620. The number of amides is 4. The van der Waals surface area contributed by atoms with Gasteiger partial charge in [-0.05, 0) is 42.5 Å². The fourth-order valence-electron chi connectivity index (χ4n) is 3.18. The van der Waals surface area contributed by atoms with Crippen molar-refractivity contribution >= 4 is 23.9 Å². The van der Waals surface area contributed by atoms with Gasteiger partial charge in [0, 0.05) is 14.1 Å². The highest BCUT2D eigenvalue weighted by atomic mass is 16.2. The van der Waals surface area contributed by atoms with Crippen LogP contribution in [-0.2, 0) is 22.4 Å². The summed E-state index contributed by atoms with van der Waals surface area (Å²) in [6.45, 7) is 2.07. The molecule has 0 spiro atoms. The molecule has 0 bridgehead atoms. The Morgan fingerprint density at radius 2 is 1.52 bits per heavy atom. The second-order valence-electron chi connectivity index (χ2n) is 6.76. The summed E-state index contributed by atoms with van der Waals surface area (Å²) >= 11 is 0. The first kappa shape index (κ1) is 18.6. The van der Waals surface area contributed by atoms with Gasteiger partial charge in [-0.2, -0.15) is 0 Å². The molecule has 5 nitrogen and oxygen atoms in total. The van der Waals surface area contributed by atoms with Crippen LogP contribution in [0.3, 0.4) is 0 Å². The van der Waals surface area contributed by atoms with Crippen molar-refractivity contribution in [1.82, 2.24) is 9.80 Å². The summed E-state index contributed by atoms with van der Waals surface area (Å²) in [5.41, 5.74) is 4.33. The molecule has 5 heteroatoms. The van der Waals surface area contributed by atoms with Crippen molar-refractivity contribution in [1.29, 1.82) is 0 Å². The smallest absolute Gasteiger partial charge is 0.268 e. The molecule has 2 aromatic carbocycles. The van der Waals surface area contributed by atoms with Gasteiger partial charge >= 0.3 is 6.03 Å². The van der Waals surface area contributed by atoms with Crippen LogP contribution in [0, 0.1) is 6.92 Å². The third-order valence-electron chi connectivity index (χ3n) is 4.76. The standard InChI is InChI=1S/C22H22N2O3/c1-15-7-6-8-16(13-15)11-12-17-9-4-5-10-18(17)14-19-20(25)23(2)22(27)24(3)21(19)26/h4-10,13-14H,11-12H2,1-3H3. The van der Waals surface area contributed by atoms with E-state index in [0.717, 1.165) is 33.8 Å². The van der Waals surface area contributed by atoms with Crippen LogP contribution in [0.5, 0.6) is 0 Å². The third kappa shape index (κ3) is 3.82. The highest BCUT2D eigenvalue weighted by molar-refractivity contribution is 6.30. The molecule has 1 aliphatic heterocycles. The molecule has 1 saturated heterocycles. The molecule has 0 aliphatic carbocycles. The Hall–Kier alpha value is -3.21. The van der Waals surface area contributed by atoms with E-state index in [1.165, 1.54) is 25.2 Å². The Morgan fingerprint density at radius 3 is 2.19 bits per heavy atom. The van der Waals surface area contributed by atoms with Crippen LogP contribution in [0.1, 0.15) is 22.3 Å². The second kappa shape index (κ2) is 7.58. The summed E-state index contributed by atoms with van der Waals surface area (Å²) in [6.07, 6.45) is 3.24. The van der Waals surface area contributed by atoms with Gasteiger partial charge in [0.1, 0.15) is 5.57 Å². The molecule has 1 fully saturated rings. The number of barbiturate groups is 1. The average Bonchev–Trinajstić information content (AvgIpc) is 2.67. The Morgan fingerprint density at radius 1 is 0.852 bits per heavy atom. The van der Waals surface area contributed by atoms with Gasteiger partial charge in [0.15, 0.2) is 0 Å². The zero-order valence-electron chi connectivity index (χ0n) is 15.7. The molecule has 3 rings (SSSR count). The number of nitrogens with zero attached hydrogens (tertiary/aromatic N) is 2. The molecular weight excluding hydrogens is 340 g/mol. The first-order valence-corrected chi connectivity index (χ1v) is 8.83. The van der Waals surface area contributed by atoms with Crippen LogP contribution >= 0.6 is 0 Å². The van der Waals surface area contributed by atoms with Crippen molar-refractivity contribution in [2.24, 2.45) is 0 Å². The van der Waals surface area contributed by atoms with Gasteiger partial charge in [-0.3, -0.25) is 19.4 Å². The monoisotopic (exact) mass is 362 g/mol. The van der Waals surface area contributed by atoms with Crippen molar-refractivity contribution in [3.63, 3.8) is 0 Å². The van der Waals surface area contributed by atoms with Crippen molar-refractivity contribution < 1.29 is 14.4 Å². The van der Waals surface area contributed by atoms with Crippen molar-refractivity contribution in [3.05, 3.63) is 76.4 Å². The van der Waals surface area contributed by atoms with E-state index in [9.17, 15) is 14.4 Å². The molecule has 0 saturated carbocycles. The number of imide groups is 2. The maximum absolute atomic E-state index is 12.4. The molecule has 27 heavy (non-hydrogen) atoms. The molecule has 1 aliphatic rings. The minimum absolute atomic E-state index is 0.00241. The SMILES string of the molecule is Cc1cccc(CCc2ccccc2C=C2C(=O)N(C)C(=O)N(C)C2=O)c1. The van der Waals surface area contributed by atoms with Gasteiger partial charge < -0.3 is 0 Å². The number of hydrogen-bond donors (Lipinski definition) is 0. The first-order chi connectivity index (χ1) is 12.9. The molecule has 1 heterocycles. The lowest BCUT2D eigenvalue weighted by molar-refractivity contribution is -0.134. The largest absolute Gasteiger partial charge is 0.333 e. The van der Waals surface area contributed by atoms with Gasteiger partial charge in [-0.15, -0.1) is 0 Å². The van der Waals surface area contributed by atoms with Crippen LogP contribution in [0.4, 0.5) is 4.79 Å². The Bertz CT molecular complexity index is 920. The van der Waals surface area contributed by atoms with Crippen LogP contribution in [0.2, 0.25) is 0 Å². The van der Waals surface area contributed by atoms with E-state index in [1.54, 1.807) is 6.08 Å². The summed E-state index contributed by atoms with van der Waals surface area (Å²) in [7, 11) is 2.76. The number of hydrogen-bond acceptors (Lipinski definition) is 3. The van der Waals surface area contributed by atoms with Crippen LogP contribution in [-0.4, -0.2) is 41.7 Å².